The van der Waals surface area contributed by atoms with Gasteiger partial charge >= 0.3 is 0 Å². The minimum Gasteiger partial charge on any atom is -0.494 e. The number of hydrogen-bond donors (Lipinski definition) is 0. The molecule has 1 atom stereocenters. The van der Waals surface area contributed by atoms with E-state index in [1.165, 1.54) is 0 Å². The van der Waals surface area contributed by atoms with Gasteiger partial charge in [0.1, 0.15) is 5.75 Å². The van der Waals surface area contributed by atoms with E-state index in [0.29, 0.717) is 36.3 Å². The minimum atomic E-state index is -0.326. The Bertz CT molecular complexity index is 1110. The Labute approximate surface area is 199 Å². The first-order valence-electron chi connectivity index (χ1n) is 11.3. The molecule has 3 aromatic carbocycles. The van der Waals surface area contributed by atoms with E-state index in [4.69, 9.17) is 25.8 Å². The summed E-state index contributed by atoms with van der Waals surface area (Å²) in [5.41, 5.74) is 3.73. The number of halogens is 1. The molecular formula is C27H28ClNO4. The van der Waals surface area contributed by atoms with E-state index in [-0.39, 0.29) is 18.4 Å². The predicted molar refractivity (Wildman–Crippen MR) is 131 cm³/mol. The Morgan fingerprint density at radius 1 is 0.848 bits per heavy atom. The Kier molecular flexibility index (Phi) is 7.09. The first-order chi connectivity index (χ1) is 16.0. The van der Waals surface area contributed by atoms with E-state index in [1.807, 2.05) is 74.2 Å². The summed E-state index contributed by atoms with van der Waals surface area (Å²) in [6.45, 7) is 7.47. The van der Waals surface area contributed by atoms with Crippen LogP contribution >= 0.6 is 11.6 Å². The van der Waals surface area contributed by atoms with Crippen LogP contribution in [-0.4, -0.2) is 25.7 Å². The highest BCUT2D eigenvalue weighted by Crippen LogP contribution is 2.43. The standard InChI is InChI=1S/C27H28ClNO4/c1-4-31-22-13-7-18(8-14-22)27-23-17-25(33-6-3)24(32-5-2)15-19(23)16-26(30)29(27)21-11-9-20(28)10-12-21/h7-15,17,27H,4-6,16H2,1-3H3/t27-/m0/s1. The van der Waals surface area contributed by atoms with Crippen LogP contribution in [0.25, 0.3) is 0 Å². The molecule has 172 valence electrons. The second kappa shape index (κ2) is 10.2. The lowest BCUT2D eigenvalue weighted by Crippen LogP contribution is -2.41. The molecule has 1 amide bonds. The summed E-state index contributed by atoms with van der Waals surface area (Å²) in [4.78, 5) is 15.3. The molecule has 0 spiro atoms. The fraction of sp³-hybridized carbons (Fsp3) is 0.296. The van der Waals surface area contributed by atoms with Gasteiger partial charge < -0.3 is 19.1 Å². The highest BCUT2D eigenvalue weighted by molar-refractivity contribution is 6.30. The molecule has 0 radical (unpaired) electrons. The summed E-state index contributed by atoms with van der Waals surface area (Å²) >= 11 is 6.12. The topological polar surface area (TPSA) is 48.0 Å². The molecule has 0 aliphatic carbocycles. The molecule has 0 saturated carbocycles. The van der Waals surface area contributed by atoms with Crippen molar-refractivity contribution < 1.29 is 19.0 Å². The quantitative estimate of drug-likeness (QED) is 0.396. The van der Waals surface area contributed by atoms with E-state index >= 15 is 0 Å². The highest BCUT2D eigenvalue weighted by atomic mass is 35.5. The molecule has 5 nitrogen and oxygen atoms in total. The number of carbonyl (C=O) groups is 1. The average Bonchev–Trinajstić information content (AvgIpc) is 2.81. The number of nitrogens with zero attached hydrogens (tertiary/aromatic N) is 1. The molecular weight excluding hydrogens is 438 g/mol. The third-order valence-corrected chi connectivity index (χ3v) is 5.83. The molecule has 0 bridgehead atoms. The zero-order chi connectivity index (χ0) is 23.4. The maximum Gasteiger partial charge on any atom is 0.232 e. The van der Waals surface area contributed by atoms with Gasteiger partial charge in [-0.3, -0.25) is 4.79 Å². The van der Waals surface area contributed by atoms with Crippen LogP contribution in [0.5, 0.6) is 17.2 Å². The monoisotopic (exact) mass is 465 g/mol. The first kappa shape index (κ1) is 23.0. The molecule has 3 aromatic rings. The van der Waals surface area contributed by atoms with Crippen molar-refractivity contribution in [2.24, 2.45) is 0 Å². The smallest absolute Gasteiger partial charge is 0.232 e. The second-order valence-electron chi connectivity index (χ2n) is 7.69. The second-order valence-corrected chi connectivity index (χ2v) is 8.12. The maximum absolute atomic E-state index is 13.5. The number of rotatable bonds is 8. The molecule has 1 aliphatic heterocycles. The number of fused-ring (bicyclic) bond motifs is 1. The van der Waals surface area contributed by atoms with Gasteiger partial charge in [0.05, 0.1) is 32.3 Å². The molecule has 4 rings (SSSR count). The van der Waals surface area contributed by atoms with Gasteiger partial charge in [-0.1, -0.05) is 23.7 Å². The fourth-order valence-corrected chi connectivity index (χ4v) is 4.36. The molecule has 0 unspecified atom stereocenters. The summed E-state index contributed by atoms with van der Waals surface area (Å²) < 4.78 is 17.4. The Morgan fingerprint density at radius 2 is 1.45 bits per heavy atom. The van der Waals surface area contributed by atoms with Crippen molar-refractivity contribution in [2.75, 3.05) is 24.7 Å². The van der Waals surface area contributed by atoms with Crippen molar-refractivity contribution in [1.82, 2.24) is 0 Å². The minimum absolute atomic E-state index is 0.00955. The van der Waals surface area contributed by atoms with E-state index in [9.17, 15) is 4.79 Å². The number of benzene rings is 3. The summed E-state index contributed by atoms with van der Waals surface area (Å²) in [5.74, 6) is 2.15. The van der Waals surface area contributed by atoms with E-state index in [0.717, 1.165) is 28.1 Å². The Hall–Kier alpha value is -3.18. The van der Waals surface area contributed by atoms with Gasteiger partial charge in [-0.05, 0) is 86.0 Å². The largest absolute Gasteiger partial charge is 0.494 e. The number of hydrogen-bond acceptors (Lipinski definition) is 4. The van der Waals surface area contributed by atoms with E-state index < -0.39 is 0 Å². The molecule has 33 heavy (non-hydrogen) atoms. The van der Waals surface area contributed by atoms with Crippen molar-refractivity contribution in [1.29, 1.82) is 0 Å². The normalized spacial score (nSPS) is 15.2. The predicted octanol–water partition coefficient (Wildman–Crippen LogP) is 6.21. The lowest BCUT2D eigenvalue weighted by atomic mass is 9.86. The molecule has 0 aromatic heterocycles. The molecule has 0 fully saturated rings. The number of carbonyl (C=O) groups excluding carboxylic acids is 1. The maximum atomic E-state index is 13.5. The van der Waals surface area contributed by atoms with Crippen molar-refractivity contribution in [3.63, 3.8) is 0 Å². The summed E-state index contributed by atoms with van der Waals surface area (Å²) in [6.07, 6.45) is 0.276. The van der Waals surface area contributed by atoms with Gasteiger partial charge in [0, 0.05) is 10.7 Å². The summed E-state index contributed by atoms with van der Waals surface area (Å²) in [6, 6.07) is 18.9. The summed E-state index contributed by atoms with van der Waals surface area (Å²) in [7, 11) is 0. The first-order valence-corrected chi connectivity index (χ1v) is 11.7. The molecule has 0 N–H and O–H groups in total. The van der Waals surface area contributed by atoms with Gasteiger partial charge in [0.2, 0.25) is 5.91 Å². The van der Waals surface area contributed by atoms with Gasteiger partial charge in [-0.2, -0.15) is 0 Å². The molecule has 1 heterocycles. The zero-order valence-electron chi connectivity index (χ0n) is 19.1. The third kappa shape index (κ3) is 4.79. The number of anilines is 1. The van der Waals surface area contributed by atoms with Crippen LogP contribution in [0.2, 0.25) is 5.02 Å². The van der Waals surface area contributed by atoms with Crippen LogP contribution in [0, 0.1) is 0 Å². The molecule has 6 heteroatoms. The molecule has 1 aliphatic rings. The van der Waals surface area contributed by atoms with Crippen LogP contribution in [0.15, 0.2) is 60.7 Å². The number of ether oxygens (including phenoxy) is 3. The highest BCUT2D eigenvalue weighted by Gasteiger charge is 2.36. The van der Waals surface area contributed by atoms with Crippen LogP contribution in [0.1, 0.15) is 43.5 Å². The van der Waals surface area contributed by atoms with Crippen LogP contribution in [-0.2, 0) is 11.2 Å². The zero-order valence-corrected chi connectivity index (χ0v) is 19.9. The lowest BCUT2D eigenvalue weighted by Gasteiger charge is -2.38. The van der Waals surface area contributed by atoms with E-state index in [1.54, 1.807) is 12.1 Å². The van der Waals surface area contributed by atoms with Crippen molar-refractivity contribution in [2.45, 2.75) is 33.2 Å². The van der Waals surface area contributed by atoms with Crippen LogP contribution in [0.3, 0.4) is 0 Å². The average molecular weight is 466 g/mol. The summed E-state index contributed by atoms with van der Waals surface area (Å²) in [5, 5.41) is 0.626. The number of amides is 1. The van der Waals surface area contributed by atoms with Gasteiger partial charge in [0.25, 0.3) is 0 Å². The fourth-order valence-electron chi connectivity index (χ4n) is 4.23. The van der Waals surface area contributed by atoms with E-state index in [2.05, 4.69) is 0 Å². The van der Waals surface area contributed by atoms with Crippen molar-refractivity contribution in [3.8, 4) is 17.2 Å². The lowest BCUT2D eigenvalue weighted by molar-refractivity contribution is -0.118. The Balaban J connectivity index is 1.88. The molecule has 0 saturated heterocycles. The van der Waals surface area contributed by atoms with Gasteiger partial charge in [-0.25, -0.2) is 0 Å². The van der Waals surface area contributed by atoms with Crippen molar-refractivity contribution in [3.05, 3.63) is 82.4 Å². The van der Waals surface area contributed by atoms with Crippen LogP contribution in [0.4, 0.5) is 5.69 Å². The third-order valence-electron chi connectivity index (χ3n) is 5.58. The van der Waals surface area contributed by atoms with Crippen LogP contribution < -0.4 is 19.1 Å². The Morgan fingerprint density at radius 3 is 2.06 bits per heavy atom. The van der Waals surface area contributed by atoms with Gasteiger partial charge in [0.15, 0.2) is 11.5 Å². The van der Waals surface area contributed by atoms with Crippen molar-refractivity contribution >= 4 is 23.2 Å². The SMILES string of the molecule is CCOc1ccc([C@H]2c3cc(OCC)c(OCC)cc3CC(=O)N2c2ccc(Cl)cc2)cc1. The van der Waals surface area contributed by atoms with Gasteiger partial charge in [-0.15, -0.1) is 0 Å².